The van der Waals surface area contributed by atoms with Gasteiger partial charge in [0.1, 0.15) is 22.3 Å². The number of furan rings is 2. The molecule has 3 heteroatoms. The van der Waals surface area contributed by atoms with Crippen LogP contribution in [0.3, 0.4) is 0 Å². The van der Waals surface area contributed by atoms with Crippen molar-refractivity contribution in [3.8, 4) is 44.5 Å². The quantitative estimate of drug-likeness (QED) is 0.163. The average molecular weight is 736 g/mol. The fourth-order valence-electron chi connectivity index (χ4n) is 7.90. The standard InChI is InChI=1S/C54H35NO2/c1-4-12-36(13-5-1)39-22-28-43(29-23-39)55(48-19-11-21-52-54(48)47-35-42(27-33-50(47)57-52)38-16-8-3-9-17-38)44-30-24-40(25-31-44)45-18-10-20-51-53(45)46-34-41(26-32-49(46)56-51)37-14-6-2-7-15-37/h1-35H/i10D,11D,18D,19D,20D,21D. The second-order valence-electron chi connectivity index (χ2n) is 14.0. The first-order valence-electron chi connectivity index (χ1n) is 21.8. The highest BCUT2D eigenvalue weighted by molar-refractivity contribution is 6.15. The van der Waals surface area contributed by atoms with Gasteiger partial charge < -0.3 is 13.7 Å². The van der Waals surface area contributed by atoms with E-state index >= 15 is 0 Å². The van der Waals surface area contributed by atoms with Gasteiger partial charge in [0.05, 0.1) is 19.3 Å². The summed E-state index contributed by atoms with van der Waals surface area (Å²) in [5.41, 5.74) is 10.4. The highest BCUT2D eigenvalue weighted by atomic mass is 16.3. The van der Waals surface area contributed by atoms with Gasteiger partial charge in [-0.25, -0.2) is 0 Å². The summed E-state index contributed by atoms with van der Waals surface area (Å²) in [5.74, 6) is 0. The first-order valence-corrected chi connectivity index (χ1v) is 18.8. The highest BCUT2D eigenvalue weighted by Crippen LogP contribution is 2.45. The van der Waals surface area contributed by atoms with Gasteiger partial charge in [-0.3, -0.25) is 0 Å². The van der Waals surface area contributed by atoms with Crippen LogP contribution in [0.15, 0.2) is 221 Å². The maximum absolute atomic E-state index is 9.57. The lowest BCUT2D eigenvalue weighted by molar-refractivity contribution is 0.668. The molecule has 0 fully saturated rings. The smallest absolute Gasteiger partial charge is 0.137 e. The van der Waals surface area contributed by atoms with E-state index in [0.717, 1.165) is 38.8 Å². The third-order valence-corrected chi connectivity index (χ3v) is 10.7. The van der Waals surface area contributed by atoms with Crippen molar-refractivity contribution < 1.29 is 17.1 Å². The third-order valence-electron chi connectivity index (χ3n) is 10.7. The van der Waals surface area contributed by atoms with E-state index in [9.17, 15) is 2.74 Å². The van der Waals surface area contributed by atoms with Crippen LogP contribution in [-0.4, -0.2) is 0 Å². The molecule has 0 aliphatic carbocycles. The fraction of sp³-hybridized carbons (Fsp3) is 0. The summed E-state index contributed by atoms with van der Waals surface area (Å²) in [7, 11) is 0. The molecule has 0 bridgehead atoms. The molecule has 9 aromatic carbocycles. The minimum absolute atomic E-state index is 0.0828. The van der Waals surface area contributed by atoms with Crippen LogP contribution < -0.4 is 4.90 Å². The summed E-state index contributed by atoms with van der Waals surface area (Å²) in [4.78, 5) is 1.93. The average Bonchev–Trinajstić information content (AvgIpc) is 3.91. The minimum Gasteiger partial charge on any atom is -0.456 e. The van der Waals surface area contributed by atoms with E-state index in [4.69, 9.17) is 14.3 Å². The summed E-state index contributed by atoms with van der Waals surface area (Å²) in [6.45, 7) is 0. The van der Waals surface area contributed by atoms with Crippen LogP contribution >= 0.6 is 0 Å². The predicted octanol–water partition coefficient (Wildman–Crippen LogP) is 15.6. The van der Waals surface area contributed by atoms with Gasteiger partial charge in [0.2, 0.25) is 0 Å². The molecule has 0 aliphatic heterocycles. The summed E-state index contributed by atoms with van der Waals surface area (Å²) < 4.78 is 67.2. The van der Waals surface area contributed by atoms with Crippen molar-refractivity contribution in [1.82, 2.24) is 0 Å². The molecular formula is C54H35NO2. The van der Waals surface area contributed by atoms with Gasteiger partial charge in [-0.15, -0.1) is 0 Å². The molecule has 3 nitrogen and oxygen atoms in total. The Morgan fingerprint density at radius 3 is 1.32 bits per heavy atom. The third kappa shape index (κ3) is 5.76. The molecule has 0 saturated carbocycles. The zero-order chi connectivity index (χ0) is 42.9. The molecular weight excluding hydrogens is 695 g/mol. The normalized spacial score (nSPS) is 13.0. The van der Waals surface area contributed by atoms with E-state index < -0.39 is 0 Å². The first kappa shape index (κ1) is 27.0. The van der Waals surface area contributed by atoms with E-state index in [-0.39, 0.29) is 47.4 Å². The highest BCUT2D eigenvalue weighted by Gasteiger charge is 2.21. The first-order chi connectivity index (χ1) is 30.7. The van der Waals surface area contributed by atoms with Crippen molar-refractivity contribution in [1.29, 1.82) is 0 Å². The second-order valence-corrected chi connectivity index (χ2v) is 14.0. The fourth-order valence-corrected chi connectivity index (χ4v) is 7.90. The molecule has 0 N–H and O–H groups in total. The monoisotopic (exact) mass is 735 g/mol. The van der Waals surface area contributed by atoms with Gasteiger partial charge in [-0.1, -0.05) is 146 Å². The van der Waals surface area contributed by atoms with E-state index in [0.29, 0.717) is 55.5 Å². The molecule has 0 spiro atoms. The van der Waals surface area contributed by atoms with E-state index in [1.165, 1.54) is 0 Å². The van der Waals surface area contributed by atoms with Gasteiger partial charge in [-0.05, 0) is 111 Å². The van der Waals surface area contributed by atoms with E-state index in [1.54, 1.807) is 0 Å². The molecule has 0 aliphatic rings. The summed E-state index contributed by atoms with van der Waals surface area (Å²) in [6, 6.07) is 56.5. The number of hydrogen-bond acceptors (Lipinski definition) is 3. The Labute approximate surface area is 338 Å². The molecule has 268 valence electrons. The minimum atomic E-state index is -0.260. The lowest BCUT2D eigenvalue weighted by Gasteiger charge is -2.26. The molecule has 0 radical (unpaired) electrons. The molecule has 0 atom stereocenters. The van der Waals surface area contributed by atoms with Crippen molar-refractivity contribution in [2.45, 2.75) is 0 Å². The summed E-state index contributed by atoms with van der Waals surface area (Å²) in [6.07, 6.45) is 0. The molecule has 57 heavy (non-hydrogen) atoms. The van der Waals surface area contributed by atoms with Crippen molar-refractivity contribution in [2.24, 2.45) is 0 Å². The van der Waals surface area contributed by atoms with Crippen LogP contribution in [0.2, 0.25) is 0 Å². The number of rotatable bonds is 7. The number of fused-ring (bicyclic) bond motifs is 6. The predicted molar refractivity (Wildman–Crippen MR) is 237 cm³/mol. The number of benzene rings is 9. The van der Waals surface area contributed by atoms with Crippen LogP contribution in [0.25, 0.3) is 88.4 Å². The lowest BCUT2D eigenvalue weighted by Crippen LogP contribution is -2.10. The zero-order valence-corrected chi connectivity index (χ0v) is 30.5. The van der Waals surface area contributed by atoms with Gasteiger partial charge in [0.15, 0.2) is 0 Å². The lowest BCUT2D eigenvalue weighted by atomic mass is 9.97. The van der Waals surface area contributed by atoms with E-state index in [2.05, 4.69) is 12.1 Å². The number of nitrogens with zero attached hydrogens (tertiary/aromatic N) is 1. The Kier molecular flexibility index (Phi) is 6.45. The number of hydrogen-bond donors (Lipinski definition) is 0. The van der Waals surface area contributed by atoms with Crippen LogP contribution in [0.1, 0.15) is 8.22 Å². The Hall–Kier alpha value is -7.62. The van der Waals surface area contributed by atoms with Crippen LogP contribution in [-0.2, 0) is 0 Å². The van der Waals surface area contributed by atoms with Crippen LogP contribution in [0.5, 0.6) is 0 Å². The SMILES string of the molecule is [2H]c1c([2H])c(-c2ccc(N(c3ccc(-c4ccccc4)cc3)c3c([2H])c([2H])c([2H])c4oc5ccc(-c6ccccc6)cc5c34)cc2)c2c(oc3ccc(-c4ccccc4)cc32)c1[2H]. The molecule has 0 amide bonds. The Balaban J connectivity index is 1.14. The Bertz CT molecular complexity index is 3550. The summed E-state index contributed by atoms with van der Waals surface area (Å²) in [5, 5.41) is 2.60. The second kappa shape index (κ2) is 13.6. The molecule has 2 heterocycles. The molecule has 0 unspecified atom stereocenters. The maximum atomic E-state index is 9.57. The maximum Gasteiger partial charge on any atom is 0.137 e. The summed E-state index contributed by atoms with van der Waals surface area (Å²) >= 11 is 0. The van der Waals surface area contributed by atoms with Crippen molar-refractivity contribution in [3.05, 3.63) is 212 Å². The Morgan fingerprint density at radius 1 is 0.351 bits per heavy atom. The van der Waals surface area contributed by atoms with Crippen molar-refractivity contribution >= 4 is 60.9 Å². The molecule has 2 aromatic heterocycles. The molecule has 0 saturated heterocycles. The van der Waals surface area contributed by atoms with Crippen LogP contribution in [0.4, 0.5) is 17.1 Å². The van der Waals surface area contributed by atoms with Crippen molar-refractivity contribution in [2.75, 3.05) is 4.90 Å². The molecule has 11 aromatic rings. The van der Waals surface area contributed by atoms with Crippen molar-refractivity contribution in [3.63, 3.8) is 0 Å². The Morgan fingerprint density at radius 2 is 0.772 bits per heavy atom. The van der Waals surface area contributed by atoms with Gasteiger partial charge in [0, 0.05) is 27.5 Å². The van der Waals surface area contributed by atoms with Gasteiger partial charge >= 0.3 is 0 Å². The van der Waals surface area contributed by atoms with Gasteiger partial charge in [-0.2, -0.15) is 0 Å². The number of anilines is 3. The molecule has 11 rings (SSSR count). The van der Waals surface area contributed by atoms with Gasteiger partial charge in [0.25, 0.3) is 0 Å². The van der Waals surface area contributed by atoms with E-state index in [1.807, 2.05) is 169 Å². The van der Waals surface area contributed by atoms with Crippen LogP contribution in [0, 0.1) is 0 Å². The largest absolute Gasteiger partial charge is 0.456 e. The zero-order valence-electron chi connectivity index (χ0n) is 36.5. The topological polar surface area (TPSA) is 29.5 Å².